The SMILES string of the molecule is CCC[C@@](C)(OCC)C(=O)Nc1ccc(O[C@@H](C)CC)c(C(=O)OCC)c1. The summed E-state index contributed by atoms with van der Waals surface area (Å²) in [5.41, 5.74) is -0.121. The lowest BCUT2D eigenvalue weighted by molar-refractivity contribution is -0.139. The molecular formula is C21H33NO5. The van der Waals surface area contributed by atoms with Gasteiger partial charge in [-0.3, -0.25) is 4.79 Å². The van der Waals surface area contributed by atoms with Crippen LogP contribution in [-0.2, 0) is 14.3 Å². The van der Waals surface area contributed by atoms with Crippen LogP contribution in [-0.4, -0.2) is 36.8 Å². The lowest BCUT2D eigenvalue weighted by atomic mass is 9.99. The molecule has 0 aliphatic rings. The first-order chi connectivity index (χ1) is 12.8. The smallest absolute Gasteiger partial charge is 0.341 e. The van der Waals surface area contributed by atoms with Gasteiger partial charge in [0.25, 0.3) is 5.91 Å². The summed E-state index contributed by atoms with van der Waals surface area (Å²) >= 11 is 0. The number of amides is 1. The molecule has 6 heteroatoms. The van der Waals surface area contributed by atoms with Gasteiger partial charge in [0, 0.05) is 12.3 Å². The number of esters is 1. The van der Waals surface area contributed by atoms with Crippen LogP contribution in [0.4, 0.5) is 5.69 Å². The van der Waals surface area contributed by atoms with Crippen LogP contribution < -0.4 is 10.1 Å². The molecule has 1 aromatic rings. The van der Waals surface area contributed by atoms with Crippen LogP contribution in [0.5, 0.6) is 5.75 Å². The highest BCUT2D eigenvalue weighted by atomic mass is 16.5. The van der Waals surface area contributed by atoms with Gasteiger partial charge in [0.05, 0.1) is 12.7 Å². The molecule has 27 heavy (non-hydrogen) atoms. The first-order valence-corrected chi connectivity index (χ1v) is 9.74. The summed E-state index contributed by atoms with van der Waals surface area (Å²) in [6.07, 6.45) is 2.20. The molecule has 0 saturated heterocycles. The molecule has 0 saturated carbocycles. The van der Waals surface area contributed by atoms with Crippen molar-refractivity contribution in [3.63, 3.8) is 0 Å². The zero-order valence-electron chi connectivity index (χ0n) is 17.4. The zero-order chi connectivity index (χ0) is 20.4. The van der Waals surface area contributed by atoms with Gasteiger partial charge in [-0.1, -0.05) is 20.3 Å². The van der Waals surface area contributed by atoms with Crippen LogP contribution in [0.1, 0.15) is 71.2 Å². The first kappa shape index (κ1) is 23.0. The molecule has 1 N–H and O–H groups in total. The van der Waals surface area contributed by atoms with Gasteiger partial charge in [0.1, 0.15) is 16.9 Å². The summed E-state index contributed by atoms with van der Waals surface area (Å²) in [6, 6.07) is 4.99. The van der Waals surface area contributed by atoms with Gasteiger partial charge >= 0.3 is 5.97 Å². The Hall–Kier alpha value is -2.08. The Kier molecular flexibility index (Phi) is 9.29. The fraction of sp³-hybridized carbons (Fsp3) is 0.619. The molecule has 2 atom stereocenters. The van der Waals surface area contributed by atoms with E-state index in [0.717, 1.165) is 12.8 Å². The van der Waals surface area contributed by atoms with Crippen LogP contribution in [0.15, 0.2) is 18.2 Å². The molecule has 0 fully saturated rings. The van der Waals surface area contributed by atoms with Crippen molar-refractivity contribution in [3.05, 3.63) is 23.8 Å². The number of nitrogens with one attached hydrogen (secondary N) is 1. The number of anilines is 1. The highest BCUT2D eigenvalue weighted by Gasteiger charge is 2.33. The number of benzene rings is 1. The van der Waals surface area contributed by atoms with Gasteiger partial charge in [-0.2, -0.15) is 0 Å². The molecule has 152 valence electrons. The number of carbonyl (C=O) groups excluding carboxylic acids is 2. The van der Waals surface area contributed by atoms with Gasteiger partial charge in [-0.05, 0) is 58.7 Å². The minimum Gasteiger partial charge on any atom is -0.490 e. The van der Waals surface area contributed by atoms with Crippen LogP contribution >= 0.6 is 0 Å². The Labute approximate surface area is 162 Å². The Balaban J connectivity index is 3.12. The van der Waals surface area contributed by atoms with E-state index >= 15 is 0 Å². The van der Waals surface area contributed by atoms with E-state index in [-0.39, 0.29) is 18.6 Å². The Morgan fingerprint density at radius 2 is 1.85 bits per heavy atom. The highest BCUT2D eigenvalue weighted by molar-refractivity contribution is 5.99. The summed E-state index contributed by atoms with van der Waals surface area (Å²) < 4.78 is 16.6. The second-order valence-electron chi connectivity index (χ2n) is 6.64. The topological polar surface area (TPSA) is 73.9 Å². The monoisotopic (exact) mass is 379 g/mol. The van der Waals surface area contributed by atoms with E-state index in [1.807, 2.05) is 27.7 Å². The average Bonchev–Trinajstić information content (AvgIpc) is 2.63. The third-order valence-corrected chi connectivity index (χ3v) is 4.31. The average molecular weight is 379 g/mol. The maximum absolute atomic E-state index is 12.7. The van der Waals surface area contributed by atoms with E-state index in [1.54, 1.807) is 32.0 Å². The summed E-state index contributed by atoms with van der Waals surface area (Å²) in [7, 11) is 0. The van der Waals surface area contributed by atoms with Crippen LogP contribution in [0.2, 0.25) is 0 Å². The lowest BCUT2D eigenvalue weighted by Gasteiger charge is -2.28. The Bertz CT molecular complexity index is 623. The second-order valence-corrected chi connectivity index (χ2v) is 6.64. The van der Waals surface area contributed by atoms with Crippen molar-refractivity contribution in [3.8, 4) is 5.75 Å². The minimum absolute atomic E-state index is 0.0376. The summed E-state index contributed by atoms with van der Waals surface area (Å²) in [5.74, 6) is -0.272. The van der Waals surface area contributed by atoms with E-state index in [1.165, 1.54) is 0 Å². The van der Waals surface area contributed by atoms with Gasteiger partial charge in [-0.15, -0.1) is 0 Å². The van der Waals surface area contributed by atoms with E-state index in [4.69, 9.17) is 14.2 Å². The molecule has 0 spiro atoms. The number of carbonyl (C=O) groups is 2. The lowest BCUT2D eigenvalue weighted by Crippen LogP contribution is -2.42. The summed E-state index contributed by atoms with van der Waals surface area (Å²) in [4.78, 5) is 25.1. The predicted molar refractivity (Wildman–Crippen MR) is 106 cm³/mol. The second kappa shape index (κ2) is 10.9. The fourth-order valence-electron chi connectivity index (χ4n) is 2.69. The molecule has 0 aliphatic heterocycles. The zero-order valence-corrected chi connectivity index (χ0v) is 17.4. The third-order valence-electron chi connectivity index (χ3n) is 4.31. The Morgan fingerprint density at radius 1 is 1.15 bits per heavy atom. The summed E-state index contributed by atoms with van der Waals surface area (Å²) in [6.45, 7) is 12.0. The molecule has 0 aliphatic carbocycles. The van der Waals surface area contributed by atoms with Gasteiger partial charge in [0.2, 0.25) is 0 Å². The van der Waals surface area contributed by atoms with Crippen molar-refractivity contribution in [2.24, 2.45) is 0 Å². The van der Waals surface area contributed by atoms with Crippen molar-refractivity contribution < 1.29 is 23.8 Å². The van der Waals surface area contributed by atoms with Crippen molar-refractivity contribution in [2.45, 2.75) is 72.5 Å². The number of hydrogen-bond acceptors (Lipinski definition) is 5. The molecule has 0 aromatic heterocycles. The van der Waals surface area contributed by atoms with Crippen molar-refractivity contribution >= 4 is 17.6 Å². The largest absolute Gasteiger partial charge is 0.490 e. The molecule has 1 rings (SSSR count). The van der Waals surface area contributed by atoms with Crippen molar-refractivity contribution in [1.29, 1.82) is 0 Å². The molecule has 0 heterocycles. The standard InChI is InChI=1S/C21H33NO5/c1-7-13-21(6,26-10-4)20(24)22-16-11-12-18(27-15(5)8-2)17(14-16)19(23)25-9-3/h11-12,14-15H,7-10,13H2,1-6H3,(H,22,24)/t15-,21+/m0/s1. The maximum Gasteiger partial charge on any atom is 0.341 e. The van der Waals surface area contributed by atoms with Crippen LogP contribution in [0.25, 0.3) is 0 Å². The Morgan fingerprint density at radius 3 is 2.41 bits per heavy atom. The minimum atomic E-state index is -0.917. The van der Waals surface area contributed by atoms with E-state index in [9.17, 15) is 9.59 Å². The van der Waals surface area contributed by atoms with Crippen LogP contribution in [0, 0.1) is 0 Å². The van der Waals surface area contributed by atoms with E-state index in [2.05, 4.69) is 5.32 Å². The number of ether oxygens (including phenoxy) is 3. The molecule has 0 bridgehead atoms. The number of hydrogen-bond donors (Lipinski definition) is 1. The molecule has 6 nitrogen and oxygen atoms in total. The first-order valence-electron chi connectivity index (χ1n) is 9.74. The van der Waals surface area contributed by atoms with Gasteiger partial charge in [-0.25, -0.2) is 4.79 Å². The summed E-state index contributed by atoms with van der Waals surface area (Å²) in [5, 5.41) is 2.86. The van der Waals surface area contributed by atoms with Gasteiger partial charge in [0.15, 0.2) is 0 Å². The van der Waals surface area contributed by atoms with Gasteiger partial charge < -0.3 is 19.5 Å². The maximum atomic E-state index is 12.7. The predicted octanol–water partition coefficient (Wildman–Crippen LogP) is 4.57. The van der Waals surface area contributed by atoms with Crippen molar-refractivity contribution in [1.82, 2.24) is 0 Å². The van der Waals surface area contributed by atoms with E-state index < -0.39 is 11.6 Å². The molecule has 0 unspecified atom stereocenters. The quantitative estimate of drug-likeness (QED) is 0.570. The molecule has 1 aromatic carbocycles. The molecular weight excluding hydrogens is 346 g/mol. The normalized spacial score (nSPS) is 14.1. The van der Waals surface area contributed by atoms with Crippen molar-refractivity contribution in [2.75, 3.05) is 18.5 Å². The van der Waals surface area contributed by atoms with Crippen LogP contribution in [0.3, 0.4) is 0 Å². The highest BCUT2D eigenvalue weighted by Crippen LogP contribution is 2.27. The molecule has 0 radical (unpaired) electrons. The van der Waals surface area contributed by atoms with E-state index in [0.29, 0.717) is 30.0 Å². The molecule has 1 amide bonds. The fourth-order valence-corrected chi connectivity index (χ4v) is 2.69. The third kappa shape index (κ3) is 6.54. The number of rotatable bonds is 11.